The van der Waals surface area contributed by atoms with Crippen LogP contribution < -0.4 is 9.47 Å². The maximum atomic E-state index is 9.03. The molecule has 0 fully saturated rings. The van der Waals surface area contributed by atoms with E-state index in [1.165, 1.54) is 19.3 Å². The molecule has 0 saturated carbocycles. The van der Waals surface area contributed by atoms with E-state index in [1.54, 1.807) is 13.2 Å². The first-order valence-corrected chi connectivity index (χ1v) is 6.22. The normalized spacial score (nSPS) is 10.3. The number of ether oxygens (including phenoxy) is 2. The van der Waals surface area contributed by atoms with Crippen LogP contribution >= 0.6 is 0 Å². The van der Waals surface area contributed by atoms with Crippen LogP contribution in [0.15, 0.2) is 18.2 Å². The Labute approximate surface area is 103 Å². The minimum Gasteiger partial charge on any atom is -0.493 e. The van der Waals surface area contributed by atoms with Gasteiger partial charge in [0.25, 0.3) is 0 Å². The minimum atomic E-state index is 0.0210. The Morgan fingerprint density at radius 2 is 1.94 bits per heavy atom. The number of methoxy groups -OCH3 is 1. The summed E-state index contributed by atoms with van der Waals surface area (Å²) < 4.78 is 10.9. The highest BCUT2D eigenvalue weighted by Crippen LogP contribution is 2.28. The van der Waals surface area contributed by atoms with Crippen LogP contribution in [0.2, 0.25) is 0 Å². The van der Waals surface area contributed by atoms with Gasteiger partial charge in [0, 0.05) is 0 Å². The lowest BCUT2D eigenvalue weighted by Gasteiger charge is -2.11. The third-order valence-electron chi connectivity index (χ3n) is 2.67. The van der Waals surface area contributed by atoms with E-state index in [-0.39, 0.29) is 6.61 Å². The van der Waals surface area contributed by atoms with Crippen LogP contribution in [0.4, 0.5) is 0 Å². The predicted octanol–water partition coefficient (Wildman–Crippen LogP) is 3.15. The molecule has 1 N–H and O–H groups in total. The average Bonchev–Trinajstić information content (AvgIpc) is 2.38. The van der Waals surface area contributed by atoms with Crippen molar-refractivity contribution in [3.05, 3.63) is 23.8 Å². The molecular weight excluding hydrogens is 216 g/mol. The lowest BCUT2D eigenvalue weighted by atomic mass is 10.2. The van der Waals surface area contributed by atoms with Gasteiger partial charge in [0.15, 0.2) is 11.5 Å². The zero-order valence-corrected chi connectivity index (χ0v) is 10.7. The van der Waals surface area contributed by atoms with Crippen molar-refractivity contribution in [2.75, 3.05) is 13.7 Å². The summed E-state index contributed by atoms with van der Waals surface area (Å²) in [6.07, 6.45) is 4.75. The van der Waals surface area contributed by atoms with E-state index in [1.807, 2.05) is 12.1 Å². The van der Waals surface area contributed by atoms with Crippen LogP contribution in [-0.2, 0) is 6.61 Å². The molecular formula is C14H22O3. The van der Waals surface area contributed by atoms with Gasteiger partial charge in [0.2, 0.25) is 0 Å². The fourth-order valence-corrected chi connectivity index (χ4v) is 1.64. The average molecular weight is 238 g/mol. The van der Waals surface area contributed by atoms with Crippen molar-refractivity contribution in [2.24, 2.45) is 0 Å². The highest BCUT2D eigenvalue weighted by molar-refractivity contribution is 5.42. The summed E-state index contributed by atoms with van der Waals surface area (Å²) in [5.74, 6) is 1.44. The van der Waals surface area contributed by atoms with E-state index in [0.717, 1.165) is 24.3 Å². The molecule has 1 aromatic rings. The van der Waals surface area contributed by atoms with Crippen molar-refractivity contribution in [2.45, 2.75) is 39.2 Å². The third kappa shape index (κ3) is 4.65. The van der Waals surface area contributed by atoms with Crippen LogP contribution in [0.1, 0.15) is 38.2 Å². The maximum absolute atomic E-state index is 9.03. The van der Waals surface area contributed by atoms with E-state index in [0.29, 0.717) is 5.75 Å². The van der Waals surface area contributed by atoms with Crippen molar-refractivity contribution in [1.82, 2.24) is 0 Å². The SMILES string of the molecule is CCCCCCOc1ccc(CO)cc1OC. The van der Waals surface area contributed by atoms with Crippen molar-refractivity contribution in [3.63, 3.8) is 0 Å². The summed E-state index contributed by atoms with van der Waals surface area (Å²) in [5.41, 5.74) is 0.834. The molecule has 96 valence electrons. The first-order chi connectivity index (χ1) is 8.31. The molecule has 0 amide bonds. The maximum Gasteiger partial charge on any atom is 0.161 e. The van der Waals surface area contributed by atoms with Gasteiger partial charge in [-0.2, -0.15) is 0 Å². The number of benzene rings is 1. The fraction of sp³-hybridized carbons (Fsp3) is 0.571. The van der Waals surface area contributed by atoms with Crippen LogP contribution in [0.25, 0.3) is 0 Å². The fourth-order valence-electron chi connectivity index (χ4n) is 1.64. The lowest BCUT2D eigenvalue weighted by Crippen LogP contribution is -2.00. The minimum absolute atomic E-state index is 0.0210. The summed E-state index contributed by atoms with van der Waals surface area (Å²) in [6, 6.07) is 5.51. The van der Waals surface area contributed by atoms with Gasteiger partial charge < -0.3 is 14.6 Å². The number of unbranched alkanes of at least 4 members (excludes halogenated alkanes) is 3. The third-order valence-corrected chi connectivity index (χ3v) is 2.67. The molecule has 0 heterocycles. The van der Waals surface area contributed by atoms with Gasteiger partial charge in [0.05, 0.1) is 20.3 Å². The molecule has 3 nitrogen and oxygen atoms in total. The van der Waals surface area contributed by atoms with Crippen LogP contribution in [0.5, 0.6) is 11.5 Å². The molecule has 0 atom stereocenters. The number of hydrogen-bond donors (Lipinski definition) is 1. The van der Waals surface area contributed by atoms with Crippen molar-refractivity contribution in [1.29, 1.82) is 0 Å². The van der Waals surface area contributed by atoms with E-state index in [2.05, 4.69) is 6.92 Å². The smallest absolute Gasteiger partial charge is 0.161 e. The van der Waals surface area contributed by atoms with E-state index in [4.69, 9.17) is 14.6 Å². The second-order valence-corrected chi connectivity index (χ2v) is 4.05. The van der Waals surface area contributed by atoms with Gasteiger partial charge in [-0.3, -0.25) is 0 Å². The van der Waals surface area contributed by atoms with Gasteiger partial charge in [-0.25, -0.2) is 0 Å². The number of hydrogen-bond acceptors (Lipinski definition) is 3. The first kappa shape index (κ1) is 13.8. The molecule has 0 unspecified atom stereocenters. The highest BCUT2D eigenvalue weighted by atomic mass is 16.5. The summed E-state index contributed by atoms with van der Waals surface area (Å²) in [4.78, 5) is 0. The largest absolute Gasteiger partial charge is 0.493 e. The highest BCUT2D eigenvalue weighted by Gasteiger charge is 2.05. The summed E-state index contributed by atoms with van der Waals surface area (Å²) in [5, 5.41) is 9.03. The number of aliphatic hydroxyl groups is 1. The van der Waals surface area contributed by atoms with E-state index < -0.39 is 0 Å². The van der Waals surface area contributed by atoms with Crippen molar-refractivity contribution < 1.29 is 14.6 Å². The van der Waals surface area contributed by atoms with Crippen molar-refractivity contribution >= 4 is 0 Å². The number of aliphatic hydroxyl groups excluding tert-OH is 1. The van der Waals surface area contributed by atoms with E-state index >= 15 is 0 Å². The molecule has 1 rings (SSSR count). The zero-order valence-electron chi connectivity index (χ0n) is 10.7. The Morgan fingerprint density at radius 1 is 1.12 bits per heavy atom. The molecule has 17 heavy (non-hydrogen) atoms. The lowest BCUT2D eigenvalue weighted by molar-refractivity contribution is 0.274. The standard InChI is InChI=1S/C14H22O3/c1-3-4-5-6-9-17-13-8-7-12(11-15)10-14(13)16-2/h7-8,10,15H,3-6,9,11H2,1-2H3. The molecule has 0 aliphatic carbocycles. The Balaban J connectivity index is 2.46. The molecule has 0 aromatic heterocycles. The van der Waals surface area contributed by atoms with Gasteiger partial charge in [-0.1, -0.05) is 32.3 Å². The number of rotatable bonds is 8. The Morgan fingerprint density at radius 3 is 2.59 bits per heavy atom. The molecule has 1 aromatic carbocycles. The molecule has 0 bridgehead atoms. The second kappa shape index (κ2) is 7.96. The summed E-state index contributed by atoms with van der Waals surface area (Å²) in [7, 11) is 1.61. The molecule has 0 saturated heterocycles. The first-order valence-electron chi connectivity index (χ1n) is 6.22. The topological polar surface area (TPSA) is 38.7 Å². The Hall–Kier alpha value is -1.22. The summed E-state index contributed by atoms with van der Waals surface area (Å²) in [6.45, 7) is 2.93. The molecule has 0 radical (unpaired) electrons. The summed E-state index contributed by atoms with van der Waals surface area (Å²) >= 11 is 0. The van der Waals surface area contributed by atoms with E-state index in [9.17, 15) is 0 Å². The van der Waals surface area contributed by atoms with Gasteiger partial charge >= 0.3 is 0 Å². The zero-order chi connectivity index (χ0) is 12.5. The predicted molar refractivity (Wildman–Crippen MR) is 68.6 cm³/mol. The van der Waals surface area contributed by atoms with Gasteiger partial charge in [-0.15, -0.1) is 0 Å². The monoisotopic (exact) mass is 238 g/mol. The van der Waals surface area contributed by atoms with Crippen LogP contribution in [0.3, 0.4) is 0 Å². The second-order valence-electron chi connectivity index (χ2n) is 4.05. The molecule has 0 spiro atoms. The van der Waals surface area contributed by atoms with Gasteiger partial charge in [-0.05, 0) is 24.1 Å². The quantitative estimate of drug-likeness (QED) is 0.707. The van der Waals surface area contributed by atoms with Crippen molar-refractivity contribution in [3.8, 4) is 11.5 Å². The Bertz CT molecular complexity index is 323. The molecule has 0 aliphatic heterocycles. The van der Waals surface area contributed by atoms with Crippen LogP contribution in [-0.4, -0.2) is 18.8 Å². The Kier molecular flexibility index (Phi) is 6.48. The van der Waals surface area contributed by atoms with Gasteiger partial charge in [0.1, 0.15) is 0 Å². The molecule has 0 aliphatic rings. The molecule has 3 heteroatoms. The van der Waals surface area contributed by atoms with Crippen LogP contribution in [0, 0.1) is 0 Å².